The van der Waals surface area contributed by atoms with E-state index in [1.165, 1.54) is 18.9 Å². The van der Waals surface area contributed by atoms with Gasteiger partial charge in [-0.05, 0) is 118 Å². The van der Waals surface area contributed by atoms with E-state index in [1.807, 2.05) is 48.5 Å². The lowest BCUT2D eigenvalue weighted by Crippen LogP contribution is -2.60. The number of halogens is 1. The number of rotatable bonds is 15. The van der Waals surface area contributed by atoms with Crippen LogP contribution in [0.25, 0.3) is 0 Å². The third-order valence-electron chi connectivity index (χ3n) is 15.0. The van der Waals surface area contributed by atoms with E-state index in [0.717, 1.165) is 24.3 Å². The summed E-state index contributed by atoms with van der Waals surface area (Å²) in [6, 6.07) is 3.65. The Labute approximate surface area is 426 Å². The number of carbonyl (C=O) groups excluding carboxylic acids is 2. The summed E-state index contributed by atoms with van der Waals surface area (Å²) in [6.07, 6.45) is -10.1. The molecule has 0 aromatic heterocycles. The van der Waals surface area contributed by atoms with E-state index in [0.29, 0.717) is 6.42 Å². The van der Waals surface area contributed by atoms with Crippen LogP contribution in [-0.2, 0) is 43.2 Å². The minimum atomic E-state index is -4.42. The van der Waals surface area contributed by atoms with Crippen molar-refractivity contribution in [3.63, 3.8) is 0 Å². The lowest BCUT2D eigenvalue weighted by Gasteiger charge is -2.48. The zero-order valence-electron chi connectivity index (χ0n) is 44.4. The molecule has 3 aliphatic heterocycles. The fraction of sp³-hybridized carbons (Fsp3) is 0.820. The number of methoxy groups -OCH3 is 1. The topological polar surface area (TPSA) is 270 Å². The number of sulfonamides is 1. The summed E-state index contributed by atoms with van der Waals surface area (Å²) in [6.45, 7) is 17.0. The van der Waals surface area contributed by atoms with Crippen LogP contribution in [0.3, 0.4) is 0 Å². The van der Waals surface area contributed by atoms with Crippen molar-refractivity contribution in [2.75, 3.05) is 47.4 Å². The number of nitrogens with one attached hydrogen (secondary N) is 1. The molecule has 1 aromatic carbocycles. The lowest BCUT2D eigenvalue weighted by molar-refractivity contribution is -0.318. The Morgan fingerprint density at radius 3 is 2.21 bits per heavy atom. The molecule has 0 saturated carbocycles. The van der Waals surface area contributed by atoms with Gasteiger partial charge in [0.25, 0.3) is 10.0 Å². The van der Waals surface area contributed by atoms with Crippen molar-refractivity contribution in [1.29, 1.82) is 5.26 Å². The molecule has 1 aromatic rings. The first kappa shape index (κ1) is 61.4. The number of urea groups is 1. The number of ether oxygens (including phenoxy) is 6. The molecule has 3 heterocycles. The van der Waals surface area contributed by atoms with Crippen molar-refractivity contribution in [2.45, 2.75) is 203 Å². The maximum absolute atomic E-state index is 14.6. The maximum atomic E-state index is 14.6. The molecule has 0 radical (unpaired) electrons. The number of aliphatic hydroxyl groups excluding tert-OH is 3. The molecular weight excluding hydrogens is 962 g/mol. The Bertz CT molecular complexity index is 2070. The van der Waals surface area contributed by atoms with E-state index in [-0.39, 0.29) is 75.3 Å². The van der Waals surface area contributed by atoms with Crippen LogP contribution < -0.4 is 4.72 Å². The van der Waals surface area contributed by atoms with Crippen LogP contribution in [-0.4, -0.2) is 198 Å². The van der Waals surface area contributed by atoms with Gasteiger partial charge >= 0.3 is 12.0 Å². The Balaban J connectivity index is 1.77. The van der Waals surface area contributed by atoms with E-state index in [4.69, 9.17) is 28.4 Å². The minimum Gasteiger partial charge on any atom is -0.459 e. The molecule has 72 heavy (non-hydrogen) atoms. The first-order valence-electron chi connectivity index (χ1n) is 25.2. The highest BCUT2D eigenvalue weighted by molar-refractivity contribution is 7.90. The molecule has 412 valence electrons. The number of cyclic esters (lactones) is 1. The number of nitrogens with zero attached hydrogens (tertiary/aromatic N) is 4. The average Bonchev–Trinajstić information content (AvgIpc) is 3.30. The van der Waals surface area contributed by atoms with Gasteiger partial charge in [0.2, 0.25) is 0 Å². The number of carbonyl (C=O) groups is 2. The predicted octanol–water partition coefficient (Wildman–Crippen LogP) is 3.11. The second-order valence-electron chi connectivity index (χ2n) is 21.3. The smallest absolute Gasteiger partial charge is 0.331 e. The van der Waals surface area contributed by atoms with Crippen molar-refractivity contribution < 1.29 is 76.4 Å². The molecule has 0 aliphatic carbocycles. The van der Waals surface area contributed by atoms with E-state index < -0.39 is 124 Å². The van der Waals surface area contributed by atoms with Gasteiger partial charge in [-0.15, -0.1) is 0 Å². The van der Waals surface area contributed by atoms with E-state index >= 15 is 0 Å². The summed E-state index contributed by atoms with van der Waals surface area (Å²) in [5.74, 6) is -3.93. The molecule has 3 saturated heterocycles. The van der Waals surface area contributed by atoms with Crippen LogP contribution in [0.15, 0.2) is 29.2 Å². The first-order chi connectivity index (χ1) is 33.4. The number of nitriles is 1. The number of esters is 1. The molecular formula is C50H84FN5O15S. The molecule has 0 bridgehead atoms. The van der Waals surface area contributed by atoms with Gasteiger partial charge in [0, 0.05) is 57.7 Å². The summed E-state index contributed by atoms with van der Waals surface area (Å²) in [5.41, 5.74) is -4.93. The minimum absolute atomic E-state index is 0.0270. The van der Waals surface area contributed by atoms with Crippen LogP contribution in [0, 0.1) is 34.9 Å². The van der Waals surface area contributed by atoms with Crippen LogP contribution in [0.1, 0.15) is 108 Å². The molecule has 2 amide bonds. The van der Waals surface area contributed by atoms with Crippen molar-refractivity contribution in [2.24, 2.45) is 17.8 Å². The molecule has 0 unspecified atom stereocenters. The quantitative estimate of drug-likeness (QED) is 0.138. The van der Waals surface area contributed by atoms with Crippen molar-refractivity contribution >= 4 is 22.0 Å². The standard InChI is InChI=1S/C50H84FN5O15S/c1-14-38-50(10,63)42(58)33(6)56(24-16-23-55(22-15-21-52)47(61)53-72(64,65)36-19-17-35(51)18-20-36)28-29(2)26-48(8,62)44(71-46-40(57)37(54(11)12)25-30(3)67-46)31(4)41(32(5)45(60)69-38)70-39-27-49(9,66-13)43(59)34(7)68-39/h17-20,29-34,37-44,46,57-59,62-63H,14-16,22-28H2,1-13H3,(H,53,61)/t29-,30-,31+,32-,33-,34+,37+,38-,39+,40-,41+,42-,43+,44-,46+,48-,49-,50-/m1/s1. The number of aliphatic hydroxyl groups is 5. The molecule has 3 aliphatic rings. The van der Waals surface area contributed by atoms with Gasteiger partial charge in [-0.2, -0.15) is 5.26 Å². The number of hydrogen-bond acceptors (Lipinski definition) is 18. The van der Waals surface area contributed by atoms with Crippen molar-refractivity contribution in [3.8, 4) is 6.07 Å². The Kier molecular flexibility index (Phi) is 21.8. The van der Waals surface area contributed by atoms with Gasteiger partial charge in [-0.25, -0.2) is 22.3 Å². The highest BCUT2D eigenvalue weighted by Gasteiger charge is 2.53. The van der Waals surface area contributed by atoms with Gasteiger partial charge in [-0.1, -0.05) is 20.8 Å². The summed E-state index contributed by atoms with van der Waals surface area (Å²) in [7, 11) is 0.723. The van der Waals surface area contributed by atoms with Gasteiger partial charge in [0.05, 0.1) is 58.9 Å². The number of benzene rings is 1. The Morgan fingerprint density at radius 1 is 0.986 bits per heavy atom. The molecule has 6 N–H and O–H groups in total. The highest BCUT2D eigenvalue weighted by Crippen LogP contribution is 2.40. The Morgan fingerprint density at radius 2 is 1.62 bits per heavy atom. The second-order valence-corrected chi connectivity index (χ2v) is 23.0. The zero-order chi connectivity index (χ0) is 54.3. The SMILES string of the molecule is CC[C@H]1OC(=O)[C@H](C)[C@@H](O[C@H]2C[C@@](C)(OC)[C@@H](O)[C@H](C)O2)[C@H](C)[C@@H](O[C@@H]2O[C@H](C)C[C@H](N(C)C)[C@H]2O)[C@](C)(O)C[C@@H](C)CN(CCCN(CCC#N)C(=O)NS(=O)(=O)c2ccc(F)cc2)[C@H](C)[C@@H](O)[C@]1(C)O. The van der Waals surface area contributed by atoms with Crippen LogP contribution >= 0.6 is 0 Å². The van der Waals surface area contributed by atoms with Gasteiger partial charge < -0.3 is 63.8 Å². The summed E-state index contributed by atoms with van der Waals surface area (Å²) < 4.78 is 79.7. The van der Waals surface area contributed by atoms with Gasteiger partial charge in [0.15, 0.2) is 12.6 Å². The van der Waals surface area contributed by atoms with Crippen LogP contribution in [0.5, 0.6) is 0 Å². The maximum Gasteiger partial charge on any atom is 0.331 e. The summed E-state index contributed by atoms with van der Waals surface area (Å²) in [5, 5.41) is 69.6. The normalized spacial score (nSPS) is 39.0. The molecule has 22 heteroatoms. The van der Waals surface area contributed by atoms with E-state index in [2.05, 4.69) is 0 Å². The lowest BCUT2D eigenvalue weighted by atomic mass is 9.77. The van der Waals surface area contributed by atoms with Crippen molar-refractivity contribution in [3.05, 3.63) is 30.1 Å². The molecule has 3 fully saturated rings. The summed E-state index contributed by atoms with van der Waals surface area (Å²) >= 11 is 0. The summed E-state index contributed by atoms with van der Waals surface area (Å²) in [4.78, 5) is 32.7. The van der Waals surface area contributed by atoms with Gasteiger partial charge in [0.1, 0.15) is 35.8 Å². The Hall–Kier alpha value is -3.15. The van der Waals surface area contributed by atoms with E-state index in [9.17, 15) is 53.2 Å². The fourth-order valence-corrected chi connectivity index (χ4v) is 11.7. The van der Waals surface area contributed by atoms with Crippen molar-refractivity contribution in [1.82, 2.24) is 19.4 Å². The predicted molar refractivity (Wildman–Crippen MR) is 262 cm³/mol. The van der Waals surface area contributed by atoms with Gasteiger partial charge in [-0.3, -0.25) is 9.69 Å². The number of hydrogen-bond donors (Lipinski definition) is 6. The zero-order valence-corrected chi connectivity index (χ0v) is 45.3. The first-order valence-corrected chi connectivity index (χ1v) is 26.6. The molecule has 20 nitrogen and oxygen atoms in total. The van der Waals surface area contributed by atoms with E-state index in [1.54, 1.807) is 48.5 Å². The number of amides is 2. The molecule has 4 rings (SSSR count). The molecule has 0 spiro atoms. The highest BCUT2D eigenvalue weighted by atomic mass is 32.2. The molecule has 18 atom stereocenters. The fourth-order valence-electron chi connectivity index (χ4n) is 10.7. The van der Waals surface area contributed by atoms with Crippen LogP contribution in [0.2, 0.25) is 0 Å². The largest absolute Gasteiger partial charge is 0.459 e. The van der Waals surface area contributed by atoms with Crippen LogP contribution in [0.4, 0.5) is 9.18 Å². The third-order valence-corrected chi connectivity index (χ3v) is 16.4. The monoisotopic (exact) mass is 1050 g/mol. The average molecular weight is 1050 g/mol. The number of likely N-dealkylation sites (N-methyl/N-ethyl adjacent to an activating group) is 1. The third kappa shape index (κ3) is 15.0. The second kappa shape index (κ2) is 25.6.